The number of hydrazone groups is 1. The van der Waals surface area contributed by atoms with E-state index in [-0.39, 0.29) is 6.42 Å². The van der Waals surface area contributed by atoms with E-state index in [1.54, 1.807) is 12.1 Å². The molecule has 2 amide bonds. The molecule has 2 N–H and O–H groups in total. The Balaban J connectivity index is 1.76. The number of rotatable bonds is 7. The highest BCUT2D eigenvalue weighted by Crippen LogP contribution is 2.24. The summed E-state index contributed by atoms with van der Waals surface area (Å²) >= 11 is 11.7. The summed E-state index contributed by atoms with van der Waals surface area (Å²) in [6.45, 7) is 1.83. The smallest absolute Gasteiger partial charge is 0.249 e. The molecule has 7 heteroatoms. The van der Waals surface area contributed by atoms with E-state index in [0.717, 1.165) is 18.6 Å². The maximum atomic E-state index is 11.9. The molecule has 0 saturated carbocycles. The summed E-state index contributed by atoms with van der Waals surface area (Å²) in [6, 6.07) is 14.7. The highest BCUT2D eigenvalue weighted by Gasteiger charge is 2.10. The molecule has 136 valence electrons. The van der Waals surface area contributed by atoms with Gasteiger partial charge < -0.3 is 5.32 Å². The fraction of sp³-hybridized carbons (Fsp3) is 0.211. The number of carbonyl (C=O) groups excluding carboxylic acids is 2. The van der Waals surface area contributed by atoms with Gasteiger partial charge in [-0.25, -0.2) is 5.43 Å². The van der Waals surface area contributed by atoms with Crippen molar-refractivity contribution < 1.29 is 9.59 Å². The Morgan fingerprint density at radius 2 is 1.73 bits per heavy atom. The number of hydrogen-bond acceptors (Lipinski definition) is 3. The lowest BCUT2D eigenvalue weighted by atomic mass is 10.1. The molecule has 2 aromatic carbocycles. The zero-order chi connectivity index (χ0) is 18.9. The molecule has 0 aliphatic heterocycles. The molecule has 0 fully saturated rings. The van der Waals surface area contributed by atoms with Gasteiger partial charge in [0.25, 0.3) is 0 Å². The van der Waals surface area contributed by atoms with Crippen LogP contribution in [0.1, 0.15) is 25.3 Å². The molecule has 2 rings (SSSR count). The van der Waals surface area contributed by atoms with Crippen molar-refractivity contribution in [2.45, 2.75) is 26.2 Å². The zero-order valence-electron chi connectivity index (χ0n) is 14.3. The molecule has 0 radical (unpaired) electrons. The Morgan fingerprint density at radius 1 is 1.00 bits per heavy atom. The first-order chi connectivity index (χ1) is 12.4. The number of benzene rings is 2. The molecule has 0 aliphatic rings. The maximum absolute atomic E-state index is 11.9. The van der Waals surface area contributed by atoms with Gasteiger partial charge in [0.05, 0.1) is 10.0 Å². The monoisotopic (exact) mass is 391 g/mol. The van der Waals surface area contributed by atoms with Gasteiger partial charge >= 0.3 is 0 Å². The van der Waals surface area contributed by atoms with Gasteiger partial charge in [-0.1, -0.05) is 53.5 Å². The van der Waals surface area contributed by atoms with Gasteiger partial charge in [-0.2, -0.15) is 5.10 Å². The summed E-state index contributed by atoms with van der Waals surface area (Å²) in [5.74, 6) is -0.945. The Kier molecular flexibility index (Phi) is 7.63. The van der Waals surface area contributed by atoms with E-state index >= 15 is 0 Å². The van der Waals surface area contributed by atoms with Crippen LogP contribution in [0.4, 0.5) is 5.69 Å². The van der Waals surface area contributed by atoms with E-state index in [1.807, 2.05) is 37.3 Å². The predicted molar refractivity (Wildman–Crippen MR) is 106 cm³/mol. The van der Waals surface area contributed by atoms with Crippen molar-refractivity contribution in [1.29, 1.82) is 0 Å². The normalized spacial score (nSPS) is 11.1. The quantitative estimate of drug-likeness (QED) is 0.415. The molecule has 0 aromatic heterocycles. The van der Waals surface area contributed by atoms with E-state index in [2.05, 4.69) is 15.8 Å². The van der Waals surface area contributed by atoms with Crippen molar-refractivity contribution in [3.63, 3.8) is 0 Å². The second-order valence-corrected chi connectivity index (χ2v) is 6.54. The number of halogens is 2. The zero-order valence-corrected chi connectivity index (χ0v) is 15.8. The van der Waals surface area contributed by atoms with Crippen LogP contribution in [0.2, 0.25) is 10.0 Å². The van der Waals surface area contributed by atoms with Crippen molar-refractivity contribution in [2.75, 3.05) is 5.32 Å². The highest BCUT2D eigenvalue weighted by atomic mass is 35.5. The average molecular weight is 392 g/mol. The molecule has 26 heavy (non-hydrogen) atoms. The molecule has 5 nitrogen and oxygen atoms in total. The lowest BCUT2D eigenvalue weighted by Crippen LogP contribution is -2.25. The second-order valence-electron chi connectivity index (χ2n) is 5.72. The molecule has 0 bridgehead atoms. The third-order valence-electron chi connectivity index (χ3n) is 3.51. The van der Waals surface area contributed by atoms with Gasteiger partial charge in [-0.05, 0) is 43.5 Å². The van der Waals surface area contributed by atoms with Crippen LogP contribution in [0.25, 0.3) is 0 Å². The largest absolute Gasteiger partial charge is 0.326 e. The number of anilines is 1. The first-order valence-corrected chi connectivity index (χ1v) is 8.80. The third kappa shape index (κ3) is 6.86. The summed E-state index contributed by atoms with van der Waals surface area (Å²) in [5.41, 5.74) is 4.86. The number of nitrogens with zero attached hydrogens (tertiary/aromatic N) is 1. The first-order valence-electron chi connectivity index (χ1n) is 8.05. The van der Waals surface area contributed by atoms with Gasteiger partial charge in [0.15, 0.2) is 0 Å². The van der Waals surface area contributed by atoms with Gasteiger partial charge in [0, 0.05) is 11.4 Å². The first kappa shape index (κ1) is 19.9. The molecule has 0 atom stereocenters. The number of amides is 2. The van der Waals surface area contributed by atoms with E-state index in [9.17, 15) is 9.59 Å². The second kappa shape index (κ2) is 9.94. The van der Waals surface area contributed by atoms with E-state index in [0.29, 0.717) is 15.7 Å². The number of aryl methyl sites for hydroxylation is 1. The standard InChI is InChI=1S/C19H19Cl2N3O2/c1-13(7-8-14-5-3-2-4-6-14)23-24-19(26)12-18(25)22-15-9-10-16(20)17(21)11-15/h2-6,9-11H,7-8,12H2,1H3,(H,22,25)(H,24,26). The summed E-state index contributed by atoms with van der Waals surface area (Å²) in [5, 5.41) is 7.33. The summed E-state index contributed by atoms with van der Waals surface area (Å²) in [4.78, 5) is 23.7. The minimum absolute atomic E-state index is 0.326. The van der Waals surface area contributed by atoms with Gasteiger partial charge in [0.1, 0.15) is 6.42 Å². The molecule has 2 aromatic rings. The highest BCUT2D eigenvalue weighted by molar-refractivity contribution is 6.42. The lowest BCUT2D eigenvalue weighted by Gasteiger charge is -2.06. The SMILES string of the molecule is CC(CCc1ccccc1)=NNC(=O)CC(=O)Nc1ccc(Cl)c(Cl)c1. The fourth-order valence-electron chi connectivity index (χ4n) is 2.15. The van der Waals surface area contributed by atoms with Crippen LogP contribution in [-0.2, 0) is 16.0 Å². The maximum Gasteiger partial charge on any atom is 0.249 e. The molecular weight excluding hydrogens is 373 g/mol. The lowest BCUT2D eigenvalue weighted by molar-refractivity contribution is -0.126. The third-order valence-corrected chi connectivity index (χ3v) is 4.25. The van der Waals surface area contributed by atoms with Crippen LogP contribution in [-0.4, -0.2) is 17.5 Å². The van der Waals surface area contributed by atoms with Crippen LogP contribution in [0.5, 0.6) is 0 Å². The molecule has 0 unspecified atom stereocenters. The summed E-state index contributed by atoms with van der Waals surface area (Å²) < 4.78 is 0. The van der Waals surface area contributed by atoms with Crippen molar-refractivity contribution in [2.24, 2.45) is 5.10 Å². The van der Waals surface area contributed by atoms with Crippen LogP contribution < -0.4 is 10.7 Å². The van der Waals surface area contributed by atoms with Crippen LogP contribution >= 0.6 is 23.2 Å². The Labute approximate surface area is 162 Å². The number of carbonyl (C=O) groups is 2. The van der Waals surface area contributed by atoms with E-state index < -0.39 is 11.8 Å². The van der Waals surface area contributed by atoms with Gasteiger partial charge in [0.2, 0.25) is 11.8 Å². The van der Waals surface area contributed by atoms with Crippen molar-refractivity contribution in [1.82, 2.24) is 5.43 Å². The molecule has 0 saturated heterocycles. The molecule has 0 spiro atoms. The van der Waals surface area contributed by atoms with E-state index in [1.165, 1.54) is 11.6 Å². The van der Waals surface area contributed by atoms with Gasteiger partial charge in [-0.3, -0.25) is 9.59 Å². The molecular formula is C19H19Cl2N3O2. The van der Waals surface area contributed by atoms with Crippen LogP contribution in [0.15, 0.2) is 53.6 Å². The van der Waals surface area contributed by atoms with Crippen molar-refractivity contribution >= 4 is 46.4 Å². The fourth-order valence-corrected chi connectivity index (χ4v) is 2.45. The molecule has 0 aliphatic carbocycles. The Bertz CT molecular complexity index is 808. The minimum Gasteiger partial charge on any atom is -0.326 e. The van der Waals surface area contributed by atoms with Crippen LogP contribution in [0.3, 0.4) is 0 Å². The Hall–Kier alpha value is -2.37. The predicted octanol–water partition coefficient (Wildman–Crippen LogP) is 4.45. The van der Waals surface area contributed by atoms with Gasteiger partial charge in [-0.15, -0.1) is 0 Å². The van der Waals surface area contributed by atoms with Crippen molar-refractivity contribution in [3.05, 3.63) is 64.1 Å². The minimum atomic E-state index is -0.485. The van der Waals surface area contributed by atoms with Crippen LogP contribution in [0, 0.1) is 0 Å². The summed E-state index contributed by atoms with van der Waals surface area (Å²) in [6.07, 6.45) is 1.22. The summed E-state index contributed by atoms with van der Waals surface area (Å²) in [7, 11) is 0. The average Bonchev–Trinajstić information content (AvgIpc) is 2.62. The number of nitrogens with one attached hydrogen (secondary N) is 2. The molecule has 0 heterocycles. The van der Waals surface area contributed by atoms with Crippen molar-refractivity contribution in [3.8, 4) is 0 Å². The topological polar surface area (TPSA) is 70.6 Å². The Morgan fingerprint density at radius 3 is 2.42 bits per heavy atom. The number of hydrogen-bond donors (Lipinski definition) is 2. The van der Waals surface area contributed by atoms with E-state index in [4.69, 9.17) is 23.2 Å².